The molecule has 2 aliphatic heterocycles. The van der Waals surface area contributed by atoms with E-state index in [2.05, 4.69) is 75.8 Å². The van der Waals surface area contributed by atoms with Gasteiger partial charge >= 0.3 is 11.8 Å². The van der Waals surface area contributed by atoms with Gasteiger partial charge in [0.1, 0.15) is 0 Å². The number of nitrogens with zero attached hydrogens (tertiary/aromatic N) is 5. The summed E-state index contributed by atoms with van der Waals surface area (Å²) in [6, 6.07) is 12.8. The molecule has 5 heterocycles. The highest BCUT2D eigenvalue weighted by molar-refractivity contribution is 6.40. The number of anilines is 1. The molecule has 1 atom stereocenters. The first-order valence-corrected chi connectivity index (χ1v) is 13.4. The van der Waals surface area contributed by atoms with Crippen LogP contribution in [0.5, 0.6) is 0 Å². The standard InChI is InChI=1S/C15H18N2.C14H17N5O2/c1-17-10-8-13(9-11-17)15-7-6-12-4-2-3-5-14(12)16-15;1-9-3-2-4-19(8-9)14(21)13(20)17-11-7-15-5-10-6-16-18-12(10)11/h2-7,13H,8-11H2,1H3;5-7,9H,2-4,8H2,1H3,(H,16,18)(H,17,20). The minimum Gasteiger partial charge on any atom is -0.334 e. The number of rotatable bonds is 2. The van der Waals surface area contributed by atoms with Crippen LogP contribution in [0.1, 0.15) is 44.2 Å². The molecule has 9 heteroatoms. The van der Waals surface area contributed by atoms with E-state index < -0.39 is 11.8 Å². The Balaban J connectivity index is 0.000000158. The van der Waals surface area contributed by atoms with Gasteiger partial charge in [-0.05, 0) is 63.9 Å². The van der Waals surface area contributed by atoms with Crippen molar-refractivity contribution in [2.45, 2.75) is 38.5 Å². The Labute approximate surface area is 222 Å². The van der Waals surface area contributed by atoms with Crippen molar-refractivity contribution >= 4 is 39.3 Å². The summed E-state index contributed by atoms with van der Waals surface area (Å²) in [5, 5.41) is 11.3. The van der Waals surface area contributed by atoms with Gasteiger partial charge < -0.3 is 15.1 Å². The predicted octanol–water partition coefficient (Wildman–Crippen LogP) is 4.20. The number of aromatic nitrogens is 4. The molecule has 0 aliphatic carbocycles. The van der Waals surface area contributed by atoms with Gasteiger partial charge in [0, 0.05) is 41.7 Å². The van der Waals surface area contributed by atoms with Crippen molar-refractivity contribution in [3.63, 3.8) is 0 Å². The first-order valence-electron chi connectivity index (χ1n) is 13.4. The van der Waals surface area contributed by atoms with E-state index in [0.717, 1.165) is 23.7 Å². The monoisotopic (exact) mass is 513 g/mol. The molecule has 2 saturated heterocycles. The summed E-state index contributed by atoms with van der Waals surface area (Å²) in [6.07, 6.45) is 9.28. The van der Waals surface area contributed by atoms with Crippen molar-refractivity contribution < 1.29 is 9.59 Å². The Hall–Kier alpha value is -3.85. The number of fused-ring (bicyclic) bond motifs is 2. The smallest absolute Gasteiger partial charge is 0.314 e. The molecule has 0 saturated carbocycles. The number of hydrogen-bond acceptors (Lipinski definition) is 6. The lowest BCUT2D eigenvalue weighted by atomic mass is 9.93. The highest BCUT2D eigenvalue weighted by Crippen LogP contribution is 2.27. The molecule has 3 aromatic heterocycles. The lowest BCUT2D eigenvalue weighted by Gasteiger charge is -2.30. The lowest BCUT2D eigenvalue weighted by molar-refractivity contribution is -0.144. The van der Waals surface area contributed by atoms with Crippen LogP contribution in [0.25, 0.3) is 21.8 Å². The minimum atomic E-state index is -0.631. The summed E-state index contributed by atoms with van der Waals surface area (Å²) in [5.41, 5.74) is 3.53. The van der Waals surface area contributed by atoms with Crippen molar-refractivity contribution in [3.05, 3.63) is 60.7 Å². The molecule has 1 unspecified atom stereocenters. The van der Waals surface area contributed by atoms with Gasteiger partial charge in [0.15, 0.2) is 0 Å². The average Bonchev–Trinajstić information content (AvgIpc) is 3.43. The Bertz CT molecular complexity index is 1410. The van der Waals surface area contributed by atoms with Crippen molar-refractivity contribution in [2.24, 2.45) is 5.92 Å². The van der Waals surface area contributed by atoms with Gasteiger partial charge in [-0.2, -0.15) is 5.10 Å². The molecule has 0 bridgehead atoms. The number of amides is 2. The van der Waals surface area contributed by atoms with Gasteiger partial charge in [0.05, 0.1) is 29.1 Å². The number of H-pyrrole nitrogens is 1. The minimum absolute atomic E-state index is 0.438. The van der Waals surface area contributed by atoms with Crippen LogP contribution in [-0.4, -0.2) is 75.0 Å². The maximum Gasteiger partial charge on any atom is 0.314 e. The van der Waals surface area contributed by atoms with Crippen LogP contribution in [-0.2, 0) is 9.59 Å². The number of piperidine rings is 2. The zero-order chi connectivity index (χ0) is 26.5. The number of hydrogen-bond donors (Lipinski definition) is 2. The topological polar surface area (TPSA) is 107 Å². The van der Waals surface area contributed by atoms with E-state index in [0.29, 0.717) is 36.1 Å². The van der Waals surface area contributed by atoms with E-state index in [-0.39, 0.29) is 0 Å². The SMILES string of the molecule is CC1CCCN(C(=O)C(=O)Nc2cncc3cn[nH]c23)C1.CN1CCC(c2ccc3ccccc3n2)CC1. The van der Waals surface area contributed by atoms with Crippen LogP contribution in [0.15, 0.2) is 55.0 Å². The lowest BCUT2D eigenvalue weighted by Crippen LogP contribution is -2.44. The number of nitrogens with one attached hydrogen (secondary N) is 2. The highest BCUT2D eigenvalue weighted by Gasteiger charge is 2.26. The third-order valence-corrected chi connectivity index (χ3v) is 7.50. The summed E-state index contributed by atoms with van der Waals surface area (Å²) in [5.74, 6) is -0.0323. The largest absolute Gasteiger partial charge is 0.334 e. The van der Waals surface area contributed by atoms with Crippen LogP contribution in [0.3, 0.4) is 0 Å². The summed E-state index contributed by atoms with van der Waals surface area (Å²) >= 11 is 0. The second-order valence-electron chi connectivity index (χ2n) is 10.5. The number of aromatic amines is 1. The average molecular weight is 514 g/mol. The van der Waals surface area contributed by atoms with E-state index >= 15 is 0 Å². The van der Waals surface area contributed by atoms with Crippen LogP contribution >= 0.6 is 0 Å². The number of pyridine rings is 2. The summed E-state index contributed by atoms with van der Waals surface area (Å²) in [7, 11) is 2.20. The molecule has 2 fully saturated rings. The number of benzene rings is 1. The summed E-state index contributed by atoms with van der Waals surface area (Å²) < 4.78 is 0. The third kappa shape index (κ3) is 5.99. The molecule has 2 aliphatic rings. The number of carbonyl (C=O) groups is 2. The van der Waals surface area contributed by atoms with Crippen molar-refractivity contribution in [1.29, 1.82) is 0 Å². The highest BCUT2D eigenvalue weighted by atomic mass is 16.2. The second kappa shape index (κ2) is 11.7. The number of carbonyl (C=O) groups excluding carboxylic acids is 2. The van der Waals surface area contributed by atoms with Gasteiger partial charge in [0.25, 0.3) is 0 Å². The van der Waals surface area contributed by atoms with Gasteiger partial charge in [0.2, 0.25) is 0 Å². The van der Waals surface area contributed by atoms with E-state index in [1.165, 1.54) is 43.2 Å². The molecule has 0 radical (unpaired) electrons. The van der Waals surface area contributed by atoms with E-state index in [1.807, 2.05) is 0 Å². The van der Waals surface area contributed by atoms with Crippen molar-refractivity contribution in [2.75, 3.05) is 38.5 Å². The molecular weight excluding hydrogens is 478 g/mol. The van der Waals surface area contributed by atoms with Crippen molar-refractivity contribution in [3.8, 4) is 0 Å². The predicted molar refractivity (Wildman–Crippen MR) is 149 cm³/mol. The van der Waals surface area contributed by atoms with Crippen LogP contribution in [0.4, 0.5) is 5.69 Å². The molecule has 198 valence electrons. The fourth-order valence-corrected chi connectivity index (χ4v) is 5.27. The van der Waals surface area contributed by atoms with Gasteiger partial charge in [-0.3, -0.25) is 24.7 Å². The molecule has 6 rings (SSSR count). The summed E-state index contributed by atoms with van der Waals surface area (Å²) in [4.78, 5) is 37.2. The number of likely N-dealkylation sites (tertiary alicyclic amines) is 2. The quantitative estimate of drug-likeness (QED) is 0.389. The maximum atomic E-state index is 12.2. The zero-order valence-corrected chi connectivity index (χ0v) is 22.1. The third-order valence-electron chi connectivity index (χ3n) is 7.50. The normalized spacial score (nSPS) is 18.7. The molecule has 9 nitrogen and oxygen atoms in total. The van der Waals surface area contributed by atoms with E-state index in [1.54, 1.807) is 17.3 Å². The Morgan fingerprint density at radius 1 is 0.974 bits per heavy atom. The molecule has 38 heavy (non-hydrogen) atoms. The Morgan fingerprint density at radius 3 is 2.61 bits per heavy atom. The van der Waals surface area contributed by atoms with E-state index in [4.69, 9.17) is 4.98 Å². The van der Waals surface area contributed by atoms with Gasteiger partial charge in [-0.25, -0.2) is 0 Å². The van der Waals surface area contributed by atoms with Gasteiger partial charge in [-0.1, -0.05) is 31.2 Å². The van der Waals surface area contributed by atoms with Crippen LogP contribution in [0.2, 0.25) is 0 Å². The molecule has 2 amide bonds. The summed E-state index contributed by atoms with van der Waals surface area (Å²) in [6.45, 7) is 5.76. The van der Waals surface area contributed by atoms with Crippen LogP contribution in [0, 0.1) is 5.92 Å². The fourth-order valence-electron chi connectivity index (χ4n) is 5.27. The first kappa shape index (κ1) is 25.8. The fraction of sp³-hybridized carbons (Fsp3) is 0.414. The zero-order valence-electron chi connectivity index (χ0n) is 22.1. The molecule has 2 N–H and O–H groups in total. The molecule has 1 aromatic carbocycles. The van der Waals surface area contributed by atoms with Crippen LogP contribution < -0.4 is 5.32 Å². The Morgan fingerprint density at radius 2 is 1.79 bits per heavy atom. The van der Waals surface area contributed by atoms with E-state index in [9.17, 15) is 9.59 Å². The maximum absolute atomic E-state index is 12.2. The van der Waals surface area contributed by atoms with Gasteiger partial charge in [-0.15, -0.1) is 0 Å². The molecule has 4 aromatic rings. The first-order chi connectivity index (χ1) is 18.5. The molecular formula is C29H35N7O2. The Kier molecular flexibility index (Phi) is 7.93. The van der Waals surface area contributed by atoms with Crippen molar-refractivity contribution in [1.82, 2.24) is 30.0 Å². The number of para-hydroxylation sites is 1. The molecule has 0 spiro atoms. The second-order valence-corrected chi connectivity index (χ2v) is 10.5.